The zero-order valence-corrected chi connectivity index (χ0v) is 15.0. The van der Waals surface area contributed by atoms with Gasteiger partial charge in [-0.05, 0) is 51.4 Å². The summed E-state index contributed by atoms with van der Waals surface area (Å²) in [4.78, 5) is 18.0. The van der Waals surface area contributed by atoms with E-state index >= 15 is 0 Å². The van der Waals surface area contributed by atoms with Crippen molar-refractivity contribution in [2.24, 2.45) is 17.6 Å². The maximum Gasteiger partial charge on any atom is 0.263 e. The first kappa shape index (κ1) is 16.9. The summed E-state index contributed by atoms with van der Waals surface area (Å²) < 4.78 is 5.31. The Labute approximate surface area is 142 Å². The molecule has 0 spiro atoms. The van der Waals surface area contributed by atoms with E-state index in [0.717, 1.165) is 28.4 Å². The molecule has 6 heteroatoms. The summed E-state index contributed by atoms with van der Waals surface area (Å²) in [6.07, 6.45) is 5.63. The van der Waals surface area contributed by atoms with Crippen LogP contribution in [0.2, 0.25) is 0 Å². The maximum atomic E-state index is 12.8. The molecule has 1 amide bonds. The van der Waals surface area contributed by atoms with Crippen molar-refractivity contribution in [2.45, 2.75) is 64.1 Å². The molecular formula is C17H27N3O2S. The summed E-state index contributed by atoms with van der Waals surface area (Å²) in [6, 6.07) is 0.582. The number of hydrogen-bond acceptors (Lipinski definition) is 5. The van der Waals surface area contributed by atoms with Crippen LogP contribution in [-0.2, 0) is 4.74 Å². The Kier molecular flexibility index (Phi) is 5.04. The average molecular weight is 337 g/mol. The number of rotatable bonds is 4. The van der Waals surface area contributed by atoms with Crippen LogP contribution in [0.15, 0.2) is 0 Å². The first-order chi connectivity index (χ1) is 11.0. The lowest BCUT2D eigenvalue weighted by molar-refractivity contribution is 0.0759. The Morgan fingerprint density at radius 2 is 2.04 bits per heavy atom. The van der Waals surface area contributed by atoms with E-state index in [2.05, 4.69) is 10.3 Å². The van der Waals surface area contributed by atoms with Crippen LogP contribution < -0.4 is 11.1 Å². The third kappa shape index (κ3) is 3.44. The van der Waals surface area contributed by atoms with Crippen molar-refractivity contribution in [1.29, 1.82) is 0 Å². The summed E-state index contributed by atoms with van der Waals surface area (Å²) >= 11 is 1.44. The number of methoxy groups -OCH3 is 1. The maximum absolute atomic E-state index is 12.8. The van der Waals surface area contributed by atoms with Crippen molar-refractivity contribution < 1.29 is 9.53 Å². The van der Waals surface area contributed by atoms with E-state index in [4.69, 9.17) is 10.5 Å². The van der Waals surface area contributed by atoms with Gasteiger partial charge in [-0.2, -0.15) is 0 Å². The zero-order valence-electron chi connectivity index (χ0n) is 14.2. The van der Waals surface area contributed by atoms with Crippen LogP contribution >= 0.6 is 11.3 Å². The number of aromatic nitrogens is 1. The molecule has 23 heavy (non-hydrogen) atoms. The minimum absolute atomic E-state index is 0.0203. The minimum Gasteiger partial charge on any atom is -0.375 e. The topological polar surface area (TPSA) is 77.2 Å². The summed E-state index contributed by atoms with van der Waals surface area (Å²) in [5.74, 6) is 1.09. The van der Waals surface area contributed by atoms with Gasteiger partial charge in [0.2, 0.25) is 0 Å². The fourth-order valence-electron chi connectivity index (χ4n) is 4.14. The second-order valence-corrected chi connectivity index (χ2v) is 8.06. The molecule has 2 aliphatic carbocycles. The first-order valence-corrected chi connectivity index (χ1v) is 9.37. The lowest BCUT2D eigenvalue weighted by atomic mass is 9.67. The van der Waals surface area contributed by atoms with Crippen LogP contribution in [0.1, 0.15) is 65.5 Å². The summed E-state index contributed by atoms with van der Waals surface area (Å²) in [5, 5.41) is 4.17. The number of nitrogens with zero attached hydrogens (tertiary/aromatic N) is 1. The van der Waals surface area contributed by atoms with Gasteiger partial charge < -0.3 is 15.8 Å². The van der Waals surface area contributed by atoms with Gasteiger partial charge in [-0.15, -0.1) is 11.3 Å². The van der Waals surface area contributed by atoms with Gasteiger partial charge in [0, 0.05) is 19.2 Å². The number of aryl methyl sites for hydroxylation is 1. The van der Waals surface area contributed by atoms with Crippen LogP contribution in [0.25, 0.3) is 0 Å². The fourth-order valence-corrected chi connectivity index (χ4v) is 5.14. The number of thiazole rings is 1. The number of nitrogens with one attached hydrogen (secondary N) is 1. The molecule has 2 saturated carbocycles. The molecule has 1 heterocycles. The van der Waals surface area contributed by atoms with Gasteiger partial charge in [0.05, 0.1) is 5.69 Å². The second kappa shape index (κ2) is 6.87. The van der Waals surface area contributed by atoms with E-state index in [1.807, 2.05) is 13.8 Å². The number of ether oxygens (including phenoxy) is 1. The van der Waals surface area contributed by atoms with Gasteiger partial charge in [-0.3, -0.25) is 4.79 Å². The molecule has 128 valence electrons. The zero-order chi connectivity index (χ0) is 16.6. The number of nitrogens with two attached hydrogens (primary N) is 1. The molecule has 2 bridgehead atoms. The number of hydrogen-bond donors (Lipinski definition) is 2. The predicted molar refractivity (Wildman–Crippen MR) is 91.6 cm³/mol. The lowest BCUT2D eigenvalue weighted by Gasteiger charge is -2.45. The highest BCUT2D eigenvalue weighted by Crippen LogP contribution is 2.40. The molecule has 1 aromatic heterocycles. The molecule has 0 radical (unpaired) electrons. The Morgan fingerprint density at radius 1 is 1.39 bits per heavy atom. The second-order valence-electron chi connectivity index (χ2n) is 7.03. The molecule has 0 saturated heterocycles. The molecule has 5 nitrogen and oxygen atoms in total. The van der Waals surface area contributed by atoms with Crippen molar-refractivity contribution in [2.75, 3.05) is 7.11 Å². The molecule has 2 aliphatic rings. The summed E-state index contributed by atoms with van der Waals surface area (Å²) in [7, 11) is 1.66. The van der Waals surface area contributed by atoms with Crippen LogP contribution in [0.3, 0.4) is 0 Å². The van der Waals surface area contributed by atoms with Crippen LogP contribution in [0, 0.1) is 18.8 Å². The first-order valence-electron chi connectivity index (χ1n) is 8.56. The lowest BCUT2D eigenvalue weighted by Crippen LogP contribution is -2.53. The largest absolute Gasteiger partial charge is 0.375 e. The molecular weight excluding hydrogens is 310 g/mol. The van der Waals surface area contributed by atoms with Crippen molar-refractivity contribution in [3.05, 3.63) is 15.6 Å². The SMILES string of the molecule is COC(C)c1nc(C)c(C(=O)NC2C3CCCC2CC(N)C3)s1. The van der Waals surface area contributed by atoms with Crippen molar-refractivity contribution in [3.8, 4) is 0 Å². The van der Waals surface area contributed by atoms with E-state index in [1.165, 1.54) is 30.6 Å². The highest BCUT2D eigenvalue weighted by atomic mass is 32.1. The Hall–Kier alpha value is -0.980. The third-order valence-electron chi connectivity index (χ3n) is 5.40. The molecule has 3 N–H and O–H groups in total. The van der Waals surface area contributed by atoms with Crippen molar-refractivity contribution in [3.63, 3.8) is 0 Å². The van der Waals surface area contributed by atoms with E-state index in [-0.39, 0.29) is 18.1 Å². The quantitative estimate of drug-likeness (QED) is 0.885. The Balaban J connectivity index is 1.73. The van der Waals surface area contributed by atoms with E-state index in [0.29, 0.717) is 17.9 Å². The average Bonchev–Trinajstić information content (AvgIpc) is 2.89. The highest BCUT2D eigenvalue weighted by Gasteiger charge is 2.40. The monoisotopic (exact) mass is 337 g/mol. The van der Waals surface area contributed by atoms with E-state index in [1.54, 1.807) is 7.11 Å². The smallest absolute Gasteiger partial charge is 0.263 e. The molecule has 0 aliphatic heterocycles. The standard InChI is InChI=1S/C17H27N3O2S/c1-9-15(23-17(19-9)10(2)22-3)16(21)20-14-11-5-4-6-12(14)8-13(18)7-11/h10-14H,4-8,18H2,1-3H3,(H,20,21). The highest BCUT2D eigenvalue weighted by molar-refractivity contribution is 7.13. The van der Waals surface area contributed by atoms with Crippen LogP contribution in [-0.4, -0.2) is 30.1 Å². The number of fused-ring (bicyclic) bond motifs is 2. The predicted octanol–water partition coefficient (Wildman–Crippen LogP) is 2.79. The normalized spacial score (nSPS) is 31.7. The van der Waals surface area contributed by atoms with E-state index in [9.17, 15) is 4.79 Å². The van der Waals surface area contributed by atoms with Gasteiger partial charge in [0.15, 0.2) is 0 Å². The van der Waals surface area contributed by atoms with Crippen LogP contribution in [0.4, 0.5) is 0 Å². The summed E-state index contributed by atoms with van der Waals surface area (Å²) in [6.45, 7) is 3.85. The van der Waals surface area contributed by atoms with E-state index < -0.39 is 0 Å². The van der Waals surface area contributed by atoms with Gasteiger partial charge in [0.1, 0.15) is 16.0 Å². The van der Waals surface area contributed by atoms with Gasteiger partial charge in [-0.25, -0.2) is 4.98 Å². The molecule has 0 aromatic carbocycles. The van der Waals surface area contributed by atoms with Crippen molar-refractivity contribution >= 4 is 17.2 Å². The Bertz CT molecular complexity index is 560. The number of carbonyl (C=O) groups excluding carboxylic acids is 1. The number of amides is 1. The third-order valence-corrected chi connectivity index (χ3v) is 6.71. The molecule has 3 rings (SSSR count). The van der Waals surface area contributed by atoms with Crippen LogP contribution in [0.5, 0.6) is 0 Å². The van der Waals surface area contributed by atoms with Gasteiger partial charge in [0.25, 0.3) is 5.91 Å². The molecule has 2 fully saturated rings. The molecule has 3 atom stereocenters. The fraction of sp³-hybridized carbons (Fsp3) is 0.765. The van der Waals surface area contributed by atoms with Gasteiger partial charge >= 0.3 is 0 Å². The number of carbonyl (C=O) groups is 1. The van der Waals surface area contributed by atoms with Crippen molar-refractivity contribution in [1.82, 2.24) is 10.3 Å². The van der Waals surface area contributed by atoms with Gasteiger partial charge in [-0.1, -0.05) is 6.42 Å². The molecule has 1 aromatic rings. The Morgan fingerprint density at radius 3 is 2.65 bits per heavy atom. The summed E-state index contributed by atoms with van der Waals surface area (Å²) in [5.41, 5.74) is 6.97. The minimum atomic E-state index is -0.0766. The molecule has 3 unspecified atom stereocenters.